The van der Waals surface area contributed by atoms with E-state index < -0.39 is 0 Å². The maximum Gasteiger partial charge on any atom is 0.135 e. The summed E-state index contributed by atoms with van der Waals surface area (Å²) in [5, 5.41) is 0. The third-order valence-electron chi connectivity index (χ3n) is 3.58. The predicted octanol–water partition coefficient (Wildman–Crippen LogP) is 3.34. The van der Waals surface area contributed by atoms with Gasteiger partial charge in [-0.2, -0.15) is 0 Å². The second kappa shape index (κ2) is 5.64. The topological polar surface area (TPSA) is 26.3 Å². The quantitative estimate of drug-likeness (QED) is 0.668. The van der Waals surface area contributed by atoms with E-state index in [1.54, 1.807) is 7.11 Å². The largest absolute Gasteiger partial charge is 0.379 e. The van der Waals surface area contributed by atoms with Crippen LogP contribution < -0.4 is 0 Å². The molecule has 0 aliphatic heterocycles. The highest BCUT2D eigenvalue weighted by Gasteiger charge is 2.24. The fourth-order valence-corrected chi connectivity index (χ4v) is 2.16. The van der Waals surface area contributed by atoms with Crippen molar-refractivity contribution in [3.63, 3.8) is 0 Å². The van der Waals surface area contributed by atoms with Crippen LogP contribution in [0.4, 0.5) is 0 Å². The minimum Gasteiger partial charge on any atom is -0.379 e. The first-order valence-electron chi connectivity index (χ1n) is 6.13. The summed E-state index contributed by atoms with van der Waals surface area (Å²) in [7, 11) is 1.74. The van der Waals surface area contributed by atoms with Crippen LogP contribution >= 0.6 is 0 Å². The first kappa shape index (κ1) is 12.7. The fraction of sp³-hybridized carbons (Fsp3) is 0.923. The lowest BCUT2D eigenvalue weighted by atomic mass is 9.89. The smallest absolute Gasteiger partial charge is 0.135 e. The molecule has 1 saturated carbocycles. The molecule has 2 heteroatoms. The van der Waals surface area contributed by atoms with Gasteiger partial charge in [0.1, 0.15) is 5.78 Å². The lowest BCUT2D eigenvalue weighted by molar-refractivity contribution is -0.123. The van der Waals surface area contributed by atoms with Gasteiger partial charge in [-0.15, -0.1) is 0 Å². The van der Waals surface area contributed by atoms with Gasteiger partial charge in [0.25, 0.3) is 0 Å². The highest BCUT2D eigenvalue weighted by atomic mass is 16.5. The molecule has 1 unspecified atom stereocenters. The summed E-state index contributed by atoms with van der Waals surface area (Å²) in [6.45, 7) is 4.18. The van der Waals surface area contributed by atoms with Gasteiger partial charge in [-0.05, 0) is 39.5 Å². The van der Waals surface area contributed by atoms with E-state index in [9.17, 15) is 4.79 Å². The number of Topliss-reactive ketones (excluding diaryl/α,β-unsaturated/α-hetero) is 1. The molecule has 0 spiro atoms. The SMILES string of the molecule is COC(C)(C)CCC1CCCCCC1=O. The summed E-state index contributed by atoms with van der Waals surface area (Å²) < 4.78 is 5.38. The summed E-state index contributed by atoms with van der Waals surface area (Å²) in [4.78, 5) is 11.8. The minimum absolute atomic E-state index is 0.0768. The molecule has 1 atom stereocenters. The zero-order chi connectivity index (χ0) is 11.3. The molecule has 0 aromatic rings. The summed E-state index contributed by atoms with van der Waals surface area (Å²) in [5.74, 6) is 0.793. The van der Waals surface area contributed by atoms with E-state index in [0.29, 0.717) is 11.7 Å². The minimum atomic E-state index is -0.0768. The van der Waals surface area contributed by atoms with Gasteiger partial charge in [0.15, 0.2) is 0 Å². The van der Waals surface area contributed by atoms with E-state index in [0.717, 1.165) is 32.1 Å². The molecular weight excluding hydrogens is 188 g/mol. The number of ether oxygens (including phenoxy) is 1. The van der Waals surface area contributed by atoms with Crippen molar-refractivity contribution in [3.05, 3.63) is 0 Å². The summed E-state index contributed by atoms with van der Waals surface area (Å²) in [5.41, 5.74) is -0.0768. The average Bonchev–Trinajstić information content (AvgIpc) is 2.40. The van der Waals surface area contributed by atoms with E-state index in [4.69, 9.17) is 4.74 Å². The van der Waals surface area contributed by atoms with Crippen molar-refractivity contribution >= 4 is 5.78 Å². The number of hydrogen-bond donors (Lipinski definition) is 0. The van der Waals surface area contributed by atoms with Crippen molar-refractivity contribution in [2.75, 3.05) is 7.11 Å². The zero-order valence-corrected chi connectivity index (χ0v) is 10.3. The Bertz CT molecular complexity index is 209. The second-order valence-corrected chi connectivity index (χ2v) is 5.27. The first-order chi connectivity index (χ1) is 7.05. The Balaban J connectivity index is 2.39. The third kappa shape index (κ3) is 4.33. The molecule has 0 aromatic heterocycles. The zero-order valence-electron chi connectivity index (χ0n) is 10.3. The van der Waals surface area contributed by atoms with Crippen molar-refractivity contribution < 1.29 is 9.53 Å². The van der Waals surface area contributed by atoms with Crippen LogP contribution in [0.1, 0.15) is 58.8 Å². The monoisotopic (exact) mass is 212 g/mol. The molecule has 1 aliphatic rings. The Morgan fingerprint density at radius 1 is 1.33 bits per heavy atom. The molecule has 1 fully saturated rings. The van der Waals surface area contributed by atoms with E-state index in [1.807, 2.05) is 0 Å². The molecule has 0 N–H and O–H groups in total. The lowest BCUT2D eigenvalue weighted by Crippen LogP contribution is -2.25. The van der Waals surface area contributed by atoms with E-state index in [-0.39, 0.29) is 5.60 Å². The number of carbonyl (C=O) groups is 1. The van der Waals surface area contributed by atoms with Crippen LogP contribution in [0.15, 0.2) is 0 Å². The Morgan fingerprint density at radius 2 is 2.07 bits per heavy atom. The number of methoxy groups -OCH3 is 1. The standard InChI is InChI=1S/C13H24O2/c1-13(2,15-3)10-9-11-7-5-4-6-8-12(11)14/h11H,4-10H2,1-3H3. The molecule has 0 heterocycles. The number of carbonyl (C=O) groups excluding carboxylic acids is 1. The predicted molar refractivity (Wildman–Crippen MR) is 61.9 cm³/mol. The molecule has 2 nitrogen and oxygen atoms in total. The maximum atomic E-state index is 11.8. The lowest BCUT2D eigenvalue weighted by Gasteiger charge is -2.24. The highest BCUT2D eigenvalue weighted by molar-refractivity contribution is 5.81. The van der Waals surface area contributed by atoms with Crippen molar-refractivity contribution in [3.8, 4) is 0 Å². The number of rotatable bonds is 4. The highest BCUT2D eigenvalue weighted by Crippen LogP contribution is 2.27. The van der Waals surface area contributed by atoms with Gasteiger partial charge in [0.2, 0.25) is 0 Å². The summed E-state index contributed by atoms with van der Waals surface area (Å²) in [6, 6.07) is 0. The van der Waals surface area contributed by atoms with Crippen molar-refractivity contribution in [2.45, 2.75) is 64.4 Å². The molecular formula is C13H24O2. The van der Waals surface area contributed by atoms with Gasteiger partial charge in [0.05, 0.1) is 5.60 Å². The van der Waals surface area contributed by atoms with Crippen molar-refractivity contribution in [1.82, 2.24) is 0 Å². The Morgan fingerprint density at radius 3 is 2.73 bits per heavy atom. The summed E-state index contributed by atoms with van der Waals surface area (Å²) >= 11 is 0. The molecule has 0 saturated heterocycles. The van der Waals surface area contributed by atoms with E-state index >= 15 is 0 Å². The fourth-order valence-electron chi connectivity index (χ4n) is 2.16. The molecule has 1 aliphatic carbocycles. The van der Waals surface area contributed by atoms with Crippen LogP contribution in [-0.2, 0) is 9.53 Å². The van der Waals surface area contributed by atoms with Gasteiger partial charge in [-0.25, -0.2) is 0 Å². The van der Waals surface area contributed by atoms with E-state index in [2.05, 4.69) is 13.8 Å². The van der Waals surface area contributed by atoms with Crippen LogP contribution in [0.3, 0.4) is 0 Å². The number of hydrogen-bond acceptors (Lipinski definition) is 2. The van der Waals surface area contributed by atoms with Gasteiger partial charge in [-0.1, -0.05) is 12.8 Å². The van der Waals surface area contributed by atoms with Crippen LogP contribution in [0.2, 0.25) is 0 Å². The normalized spacial score (nSPS) is 23.9. The average molecular weight is 212 g/mol. The van der Waals surface area contributed by atoms with Crippen molar-refractivity contribution in [2.24, 2.45) is 5.92 Å². The first-order valence-corrected chi connectivity index (χ1v) is 6.13. The molecule has 1 rings (SSSR count). The van der Waals surface area contributed by atoms with Crippen LogP contribution in [0.25, 0.3) is 0 Å². The summed E-state index contributed by atoms with van der Waals surface area (Å²) in [6.07, 6.45) is 7.44. The molecule has 0 bridgehead atoms. The Labute approximate surface area is 93.4 Å². The van der Waals surface area contributed by atoms with Crippen LogP contribution in [0.5, 0.6) is 0 Å². The van der Waals surface area contributed by atoms with Gasteiger partial charge in [-0.3, -0.25) is 4.79 Å². The molecule has 0 aromatic carbocycles. The van der Waals surface area contributed by atoms with Crippen LogP contribution in [0, 0.1) is 5.92 Å². The maximum absolute atomic E-state index is 11.8. The van der Waals surface area contributed by atoms with Gasteiger partial charge in [0, 0.05) is 19.4 Å². The van der Waals surface area contributed by atoms with Gasteiger partial charge < -0.3 is 4.74 Å². The molecule has 0 amide bonds. The van der Waals surface area contributed by atoms with E-state index in [1.165, 1.54) is 12.8 Å². The second-order valence-electron chi connectivity index (χ2n) is 5.27. The van der Waals surface area contributed by atoms with Gasteiger partial charge >= 0.3 is 0 Å². The van der Waals surface area contributed by atoms with Crippen LogP contribution in [-0.4, -0.2) is 18.5 Å². The van der Waals surface area contributed by atoms with Crippen molar-refractivity contribution in [1.29, 1.82) is 0 Å². The third-order valence-corrected chi connectivity index (χ3v) is 3.58. The molecule has 15 heavy (non-hydrogen) atoms. The Hall–Kier alpha value is -0.370. The molecule has 0 radical (unpaired) electrons. The molecule has 88 valence electrons. The number of ketones is 1. The Kier molecular flexibility index (Phi) is 4.78.